The van der Waals surface area contributed by atoms with E-state index < -0.39 is 0 Å². The summed E-state index contributed by atoms with van der Waals surface area (Å²) in [6, 6.07) is 0.481. The van der Waals surface area contributed by atoms with Gasteiger partial charge in [0, 0.05) is 18.6 Å². The zero-order valence-electron chi connectivity index (χ0n) is 9.04. The number of nitrogens with one attached hydrogen (secondary N) is 1. The Kier molecular flexibility index (Phi) is 3.42. The molecule has 82 valence electrons. The average molecular weight is 198 g/mol. The molecule has 2 aliphatic rings. The second kappa shape index (κ2) is 4.60. The van der Waals surface area contributed by atoms with E-state index in [0.717, 1.165) is 18.9 Å². The molecule has 1 heterocycles. The molecule has 0 spiro atoms. The first-order chi connectivity index (χ1) is 6.85. The highest BCUT2D eigenvalue weighted by atomic mass is 16.5. The molecule has 0 aromatic carbocycles. The maximum Gasteiger partial charge on any atom is 0.0616 e. The highest BCUT2D eigenvalue weighted by Crippen LogP contribution is 2.37. The quantitative estimate of drug-likeness (QED) is 0.519. The fourth-order valence-corrected chi connectivity index (χ4v) is 2.62. The smallest absolute Gasteiger partial charge is 0.0616 e. The van der Waals surface area contributed by atoms with Crippen molar-refractivity contribution < 1.29 is 4.74 Å². The van der Waals surface area contributed by atoms with E-state index in [9.17, 15) is 0 Å². The molecule has 1 aliphatic carbocycles. The summed E-state index contributed by atoms with van der Waals surface area (Å²) in [7, 11) is 0. The third-order valence-electron chi connectivity index (χ3n) is 3.68. The van der Waals surface area contributed by atoms with E-state index in [0.29, 0.717) is 18.1 Å². The maximum atomic E-state index is 5.70. The van der Waals surface area contributed by atoms with Crippen LogP contribution in [0.5, 0.6) is 0 Å². The molecule has 3 N–H and O–H groups in total. The summed E-state index contributed by atoms with van der Waals surface area (Å²) >= 11 is 0. The van der Waals surface area contributed by atoms with Crippen molar-refractivity contribution in [2.45, 2.75) is 51.2 Å². The van der Waals surface area contributed by atoms with Crippen molar-refractivity contribution in [3.63, 3.8) is 0 Å². The summed E-state index contributed by atoms with van der Waals surface area (Å²) in [5.41, 5.74) is 3.00. The van der Waals surface area contributed by atoms with Crippen LogP contribution < -0.4 is 11.3 Å². The van der Waals surface area contributed by atoms with Crippen LogP contribution in [0.3, 0.4) is 0 Å². The van der Waals surface area contributed by atoms with Gasteiger partial charge in [-0.25, -0.2) is 0 Å². The van der Waals surface area contributed by atoms with Crippen molar-refractivity contribution in [3.05, 3.63) is 0 Å². The first-order valence-corrected chi connectivity index (χ1v) is 5.92. The highest BCUT2D eigenvalue weighted by molar-refractivity contribution is 4.88. The van der Waals surface area contributed by atoms with Gasteiger partial charge in [0.05, 0.1) is 6.10 Å². The largest absolute Gasteiger partial charge is 0.378 e. The Balaban J connectivity index is 1.87. The molecule has 2 rings (SSSR count). The van der Waals surface area contributed by atoms with Crippen molar-refractivity contribution in [2.24, 2.45) is 17.7 Å². The number of hydrazine groups is 1. The summed E-state index contributed by atoms with van der Waals surface area (Å²) < 4.78 is 5.70. The third-order valence-corrected chi connectivity index (χ3v) is 3.68. The Morgan fingerprint density at radius 3 is 2.79 bits per heavy atom. The summed E-state index contributed by atoms with van der Waals surface area (Å²) in [6.45, 7) is 3.12. The van der Waals surface area contributed by atoms with Gasteiger partial charge in [-0.2, -0.15) is 0 Å². The Morgan fingerprint density at radius 2 is 2.21 bits per heavy atom. The van der Waals surface area contributed by atoms with Crippen LogP contribution in [0.2, 0.25) is 0 Å². The lowest BCUT2D eigenvalue weighted by molar-refractivity contribution is 0.0758. The lowest BCUT2D eigenvalue weighted by Gasteiger charge is -2.26. The van der Waals surface area contributed by atoms with Crippen LogP contribution in [-0.4, -0.2) is 18.8 Å². The monoisotopic (exact) mass is 198 g/mol. The number of hydrogen-bond donors (Lipinski definition) is 2. The van der Waals surface area contributed by atoms with Crippen LogP contribution in [0.25, 0.3) is 0 Å². The highest BCUT2D eigenvalue weighted by Gasteiger charge is 2.36. The fraction of sp³-hybridized carbons (Fsp3) is 1.00. The molecular formula is C11H22N2O. The third kappa shape index (κ3) is 2.27. The van der Waals surface area contributed by atoms with E-state index in [1.54, 1.807) is 0 Å². The summed E-state index contributed by atoms with van der Waals surface area (Å²) in [6.07, 6.45) is 6.80. The number of nitrogens with two attached hydrogens (primary N) is 1. The number of rotatable bonds is 5. The lowest BCUT2D eigenvalue weighted by Crippen LogP contribution is -2.44. The molecular weight excluding hydrogens is 176 g/mol. The van der Waals surface area contributed by atoms with E-state index in [-0.39, 0.29) is 0 Å². The minimum absolute atomic E-state index is 0.440. The molecule has 1 aliphatic heterocycles. The van der Waals surface area contributed by atoms with Gasteiger partial charge >= 0.3 is 0 Å². The Morgan fingerprint density at radius 1 is 1.43 bits per heavy atom. The zero-order valence-corrected chi connectivity index (χ0v) is 9.04. The average Bonchev–Trinajstić information content (AvgIpc) is 2.90. The van der Waals surface area contributed by atoms with E-state index in [1.807, 2.05) is 0 Å². The Labute approximate surface area is 86.4 Å². The van der Waals surface area contributed by atoms with Gasteiger partial charge in [0.2, 0.25) is 0 Å². The standard InChI is InChI=1S/C11H22N2O/c1-2-11-9(5-6-14-11)10(13-12)7-8-3-4-8/h8-11,13H,2-7,12H2,1H3. The van der Waals surface area contributed by atoms with E-state index in [1.165, 1.54) is 25.7 Å². The molecule has 0 aromatic heterocycles. The Bertz CT molecular complexity index is 182. The number of hydrogen-bond acceptors (Lipinski definition) is 3. The molecule has 2 fully saturated rings. The van der Waals surface area contributed by atoms with Crippen LogP contribution in [0, 0.1) is 11.8 Å². The molecule has 3 nitrogen and oxygen atoms in total. The van der Waals surface area contributed by atoms with Crippen molar-refractivity contribution in [2.75, 3.05) is 6.61 Å². The normalized spacial score (nSPS) is 34.7. The van der Waals surface area contributed by atoms with Crippen molar-refractivity contribution in [1.29, 1.82) is 0 Å². The van der Waals surface area contributed by atoms with E-state index in [4.69, 9.17) is 10.6 Å². The van der Waals surface area contributed by atoms with Crippen LogP contribution >= 0.6 is 0 Å². The van der Waals surface area contributed by atoms with Gasteiger partial charge in [0.25, 0.3) is 0 Å². The maximum absolute atomic E-state index is 5.70. The predicted octanol–water partition coefficient (Wildman–Crippen LogP) is 1.43. The van der Waals surface area contributed by atoms with E-state index in [2.05, 4.69) is 12.3 Å². The van der Waals surface area contributed by atoms with E-state index >= 15 is 0 Å². The van der Waals surface area contributed by atoms with Crippen LogP contribution in [0.1, 0.15) is 39.0 Å². The van der Waals surface area contributed by atoms with Crippen molar-refractivity contribution in [3.8, 4) is 0 Å². The fourth-order valence-electron chi connectivity index (χ4n) is 2.62. The second-order valence-corrected chi connectivity index (χ2v) is 4.72. The number of ether oxygens (including phenoxy) is 1. The van der Waals surface area contributed by atoms with Crippen LogP contribution in [0.15, 0.2) is 0 Å². The molecule has 0 radical (unpaired) electrons. The molecule has 1 saturated heterocycles. The molecule has 14 heavy (non-hydrogen) atoms. The molecule has 0 amide bonds. The summed E-state index contributed by atoms with van der Waals surface area (Å²) in [5.74, 6) is 7.22. The van der Waals surface area contributed by atoms with Gasteiger partial charge in [-0.15, -0.1) is 0 Å². The SMILES string of the molecule is CCC1OCCC1C(CC1CC1)NN. The zero-order chi connectivity index (χ0) is 9.97. The van der Waals surface area contributed by atoms with Gasteiger partial charge in [0.15, 0.2) is 0 Å². The first kappa shape index (κ1) is 10.4. The van der Waals surface area contributed by atoms with Crippen LogP contribution in [0.4, 0.5) is 0 Å². The van der Waals surface area contributed by atoms with Gasteiger partial charge < -0.3 is 4.74 Å². The molecule has 3 unspecified atom stereocenters. The van der Waals surface area contributed by atoms with Gasteiger partial charge in [-0.1, -0.05) is 19.8 Å². The molecule has 0 bridgehead atoms. The molecule has 0 aromatic rings. The van der Waals surface area contributed by atoms with Gasteiger partial charge in [0.1, 0.15) is 0 Å². The minimum atomic E-state index is 0.440. The minimum Gasteiger partial charge on any atom is -0.378 e. The second-order valence-electron chi connectivity index (χ2n) is 4.72. The lowest BCUT2D eigenvalue weighted by atomic mass is 9.88. The Hall–Kier alpha value is -0.120. The van der Waals surface area contributed by atoms with Crippen LogP contribution in [-0.2, 0) is 4.74 Å². The van der Waals surface area contributed by atoms with Gasteiger partial charge in [-0.3, -0.25) is 11.3 Å². The van der Waals surface area contributed by atoms with Crippen molar-refractivity contribution in [1.82, 2.24) is 5.43 Å². The van der Waals surface area contributed by atoms with Gasteiger partial charge in [-0.05, 0) is 25.2 Å². The summed E-state index contributed by atoms with van der Waals surface area (Å²) in [4.78, 5) is 0. The topological polar surface area (TPSA) is 47.3 Å². The molecule has 3 heteroatoms. The molecule has 3 atom stereocenters. The predicted molar refractivity (Wildman–Crippen MR) is 56.6 cm³/mol. The molecule has 1 saturated carbocycles. The summed E-state index contributed by atoms with van der Waals surface area (Å²) in [5, 5.41) is 0. The van der Waals surface area contributed by atoms with Crippen molar-refractivity contribution >= 4 is 0 Å². The first-order valence-electron chi connectivity index (χ1n) is 5.92.